The molecule has 0 unspecified atom stereocenters. The van der Waals surface area contributed by atoms with Gasteiger partial charge in [-0.15, -0.1) is 0 Å². The average molecular weight is 617 g/mol. The second-order valence-corrected chi connectivity index (χ2v) is 10.3. The van der Waals surface area contributed by atoms with E-state index in [1.54, 1.807) is 30.3 Å². The average Bonchev–Trinajstić information content (AvgIpc) is 3.06. The summed E-state index contributed by atoms with van der Waals surface area (Å²) in [5.41, 5.74) is 1.67. The summed E-state index contributed by atoms with van der Waals surface area (Å²) < 4.78 is 38.0. The Balaban J connectivity index is 1.27. The van der Waals surface area contributed by atoms with Gasteiger partial charge in [-0.25, -0.2) is 4.79 Å². The van der Waals surface area contributed by atoms with Crippen molar-refractivity contribution in [3.63, 3.8) is 0 Å². The lowest BCUT2D eigenvalue weighted by molar-refractivity contribution is -0.139. The van der Waals surface area contributed by atoms with Crippen LogP contribution in [0.15, 0.2) is 54.6 Å². The minimum absolute atomic E-state index is 0.00714. The molecule has 0 saturated heterocycles. The second kappa shape index (κ2) is 26.6. The van der Waals surface area contributed by atoms with Gasteiger partial charge < -0.3 is 33.2 Å². The molecular formula is C35H52O9. The lowest BCUT2D eigenvalue weighted by Crippen LogP contribution is -2.20. The third-order valence-corrected chi connectivity index (χ3v) is 6.66. The molecule has 0 radical (unpaired) electrons. The standard InChI is InChI=1S/C35H52O9/c1-2-3-4-5-6-7-9-12-31-15-17-33(18-16-31)43-29-27-41-25-23-39-21-19-38-20-22-40-24-26-42-28-30-44-35(37)34(36)32-13-10-8-11-14-32/h8,10-11,13-18H,2-7,9,12,19-30H2,1H3. The summed E-state index contributed by atoms with van der Waals surface area (Å²) in [6, 6.07) is 16.7. The van der Waals surface area contributed by atoms with Gasteiger partial charge in [0.2, 0.25) is 0 Å². The van der Waals surface area contributed by atoms with Crippen molar-refractivity contribution in [1.29, 1.82) is 0 Å². The van der Waals surface area contributed by atoms with Gasteiger partial charge in [-0.05, 0) is 30.5 Å². The van der Waals surface area contributed by atoms with Crippen LogP contribution in [0, 0.1) is 0 Å². The van der Waals surface area contributed by atoms with E-state index >= 15 is 0 Å². The highest BCUT2D eigenvalue weighted by Crippen LogP contribution is 2.15. The molecule has 0 aliphatic heterocycles. The fourth-order valence-electron chi connectivity index (χ4n) is 4.20. The summed E-state index contributed by atoms with van der Waals surface area (Å²) >= 11 is 0. The highest BCUT2D eigenvalue weighted by atomic mass is 16.6. The van der Waals surface area contributed by atoms with Crippen LogP contribution in [0.25, 0.3) is 0 Å². The van der Waals surface area contributed by atoms with Crippen LogP contribution in [0.1, 0.15) is 67.8 Å². The molecule has 0 bridgehead atoms. The Kier molecular flexibility index (Phi) is 22.6. The van der Waals surface area contributed by atoms with E-state index in [0.717, 1.165) is 12.2 Å². The Bertz CT molecular complexity index is 966. The van der Waals surface area contributed by atoms with E-state index in [0.29, 0.717) is 71.6 Å². The zero-order valence-corrected chi connectivity index (χ0v) is 26.5. The third kappa shape index (κ3) is 19.5. The number of rotatable bonds is 29. The molecule has 9 nitrogen and oxygen atoms in total. The number of hydrogen-bond donors (Lipinski definition) is 0. The monoisotopic (exact) mass is 616 g/mol. The van der Waals surface area contributed by atoms with E-state index in [1.807, 2.05) is 12.1 Å². The summed E-state index contributed by atoms with van der Waals surface area (Å²) in [4.78, 5) is 23.6. The molecule has 44 heavy (non-hydrogen) atoms. The van der Waals surface area contributed by atoms with E-state index in [4.69, 9.17) is 33.2 Å². The molecule has 0 aliphatic rings. The van der Waals surface area contributed by atoms with Crippen LogP contribution < -0.4 is 4.74 Å². The molecule has 0 saturated carbocycles. The minimum Gasteiger partial charge on any atom is -0.491 e. The van der Waals surface area contributed by atoms with Gasteiger partial charge >= 0.3 is 5.97 Å². The number of carbonyl (C=O) groups excluding carboxylic acids is 2. The van der Waals surface area contributed by atoms with E-state index < -0.39 is 11.8 Å². The highest BCUT2D eigenvalue weighted by Gasteiger charge is 2.17. The van der Waals surface area contributed by atoms with Crippen molar-refractivity contribution in [3.8, 4) is 5.75 Å². The van der Waals surface area contributed by atoms with E-state index in [9.17, 15) is 9.59 Å². The predicted molar refractivity (Wildman–Crippen MR) is 169 cm³/mol. The fourth-order valence-corrected chi connectivity index (χ4v) is 4.20. The minimum atomic E-state index is -0.889. The first-order chi connectivity index (χ1) is 21.7. The van der Waals surface area contributed by atoms with Gasteiger partial charge in [-0.2, -0.15) is 0 Å². The first-order valence-electron chi connectivity index (χ1n) is 16.1. The van der Waals surface area contributed by atoms with Gasteiger partial charge in [-0.3, -0.25) is 4.79 Å². The van der Waals surface area contributed by atoms with Crippen LogP contribution in [-0.4, -0.2) is 91.0 Å². The zero-order valence-electron chi connectivity index (χ0n) is 26.5. The Morgan fingerprint density at radius 1 is 0.523 bits per heavy atom. The second-order valence-electron chi connectivity index (χ2n) is 10.3. The lowest BCUT2D eigenvalue weighted by atomic mass is 10.0. The van der Waals surface area contributed by atoms with Gasteiger partial charge in [-0.1, -0.05) is 87.9 Å². The number of Topliss-reactive ketones (excluding diaryl/α,β-unsaturated/α-hetero) is 1. The molecule has 0 fully saturated rings. The summed E-state index contributed by atoms with van der Waals surface area (Å²) in [6.07, 6.45) is 10.5. The molecule has 246 valence electrons. The van der Waals surface area contributed by atoms with E-state index in [2.05, 4.69) is 19.1 Å². The van der Waals surface area contributed by atoms with E-state index in [1.165, 1.54) is 50.5 Å². The lowest BCUT2D eigenvalue weighted by Gasteiger charge is -2.09. The molecule has 0 atom stereocenters. The first kappa shape index (κ1) is 37.4. The summed E-state index contributed by atoms with van der Waals surface area (Å²) in [7, 11) is 0. The van der Waals surface area contributed by atoms with Crippen molar-refractivity contribution < 1.29 is 42.7 Å². The van der Waals surface area contributed by atoms with Crippen LogP contribution in [0.4, 0.5) is 0 Å². The van der Waals surface area contributed by atoms with Crippen LogP contribution in [0.2, 0.25) is 0 Å². The smallest absolute Gasteiger partial charge is 0.379 e. The largest absolute Gasteiger partial charge is 0.491 e. The van der Waals surface area contributed by atoms with E-state index in [-0.39, 0.29) is 13.2 Å². The zero-order chi connectivity index (χ0) is 31.3. The van der Waals surface area contributed by atoms with Crippen LogP contribution in [0.3, 0.4) is 0 Å². The third-order valence-electron chi connectivity index (χ3n) is 6.66. The molecule has 0 heterocycles. The van der Waals surface area contributed by atoms with Crippen molar-refractivity contribution in [2.24, 2.45) is 0 Å². The van der Waals surface area contributed by atoms with Gasteiger partial charge in [0.1, 0.15) is 19.0 Å². The Labute approximate surface area is 263 Å². The molecule has 2 rings (SSSR count). The molecule has 0 N–H and O–H groups in total. The molecule has 0 aliphatic carbocycles. The Morgan fingerprint density at radius 3 is 1.55 bits per heavy atom. The number of carbonyl (C=O) groups is 2. The topological polar surface area (TPSA) is 98.8 Å². The molecule has 0 aromatic heterocycles. The summed E-state index contributed by atoms with van der Waals surface area (Å²) in [5.74, 6) is -0.683. The highest BCUT2D eigenvalue weighted by molar-refractivity contribution is 6.40. The summed E-state index contributed by atoms with van der Waals surface area (Å²) in [5, 5.41) is 0. The molecular weight excluding hydrogens is 564 g/mol. The van der Waals surface area contributed by atoms with Gasteiger partial charge in [0, 0.05) is 5.56 Å². The quantitative estimate of drug-likeness (QED) is 0.0481. The van der Waals surface area contributed by atoms with Crippen molar-refractivity contribution in [2.75, 3.05) is 79.3 Å². The Hall–Kier alpha value is -2.82. The van der Waals surface area contributed by atoms with Gasteiger partial charge in [0.25, 0.3) is 5.78 Å². The van der Waals surface area contributed by atoms with Crippen LogP contribution in [-0.2, 0) is 39.6 Å². The van der Waals surface area contributed by atoms with Crippen LogP contribution in [0.5, 0.6) is 5.75 Å². The number of esters is 1. The maximum absolute atomic E-state index is 11.9. The number of ether oxygens (including phenoxy) is 7. The van der Waals surface area contributed by atoms with Gasteiger partial charge in [0.05, 0.1) is 66.1 Å². The fraction of sp³-hybridized carbons (Fsp3) is 0.600. The van der Waals surface area contributed by atoms with Gasteiger partial charge in [0.15, 0.2) is 0 Å². The number of aryl methyl sites for hydroxylation is 1. The normalized spacial score (nSPS) is 11.0. The van der Waals surface area contributed by atoms with Crippen LogP contribution >= 0.6 is 0 Å². The van der Waals surface area contributed by atoms with Crippen molar-refractivity contribution in [2.45, 2.75) is 58.3 Å². The Morgan fingerprint density at radius 2 is 1.00 bits per heavy atom. The van der Waals surface area contributed by atoms with Crippen molar-refractivity contribution in [1.82, 2.24) is 0 Å². The molecule has 9 heteroatoms. The predicted octanol–water partition coefficient (Wildman–Crippen LogP) is 5.87. The number of unbranched alkanes of at least 4 members (excludes halogenated alkanes) is 6. The van der Waals surface area contributed by atoms with Crippen molar-refractivity contribution in [3.05, 3.63) is 65.7 Å². The molecule has 0 amide bonds. The summed E-state index contributed by atoms with van der Waals surface area (Å²) in [6.45, 7) is 7.08. The van der Waals surface area contributed by atoms with Crippen molar-refractivity contribution >= 4 is 11.8 Å². The number of hydrogen-bond acceptors (Lipinski definition) is 9. The maximum Gasteiger partial charge on any atom is 0.379 e. The maximum atomic E-state index is 11.9. The molecule has 2 aromatic rings. The number of ketones is 1. The number of benzene rings is 2. The first-order valence-corrected chi connectivity index (χ1v) is 16.1. The SMILES string of the molecule is CCCCCCCCCc1ccc(OCCOCCOCCOCCOCCOCCOC(=O)C(=O)c2ccccc2)cc1. The molecule has 2 aromatic carbocycles. The molecule has 0 spiro atoms.